The minimum Gasteiger partial charge on any atom is -0.410 e. The van der Waals surface area contributed by atoms with Crippen LogP contribution in [-0.4, -0.2) is 39.8 Å². The smallest absolute Gasteiger partial charge is 0.277 e. The van der Waals surface area contributed by atoms with E-state index >= 15 is 0 Å². The van der Waals surface area contributed by atoms with Gasteiger partial charge in [0.1, 0.15) is 0 Å². The molecule has 0 radical (unpaired) electrons. The number of carbonyl (C=O) groups is 1. The number of thioether (sulfide) groups is 1. The number of nitrogens with zero attached hydrogens (tertiary/aromatic N) is 3. The second kappa shape index (κ2) is 7.49. The Kier molecular flexibility index (Phi) is 6.30. The standard InChI is InChI=1S/C12H22N4O2S/c1-5-16(6-2)9(17)7-19-12-15-14-11(18-12)10(13)8(3)4/h8,10H,5-7,13H2,1-4H3/p+1/t10-/m0/s1. The van der Waals surface area contributed by atoms with E-state index in [0.29, 0.717) is 22.8 Å². The Morgan fingerprint density at radius 1 is 1.37 bits per heavy atom. The molecule has 0 bridgehead atoms. The molecule has 108 valence electrons. The van der Waals surface area contributed by atoms with E-state index < -0.39 is 0 Å². The Labute approximate surface area is 118 Å². The predicted octanol–water partition coefficient (Wildman–Crippen LogP) is 0.969. The van der Waals surface area contributed by atoms with Crippen molar-refractivity contribution in [2.45, 2.75) is 39.0 Å². The van der Waals surface area contributed by atoms with Crippen molar-refractivity contribution in [1.82, 2.24) is 15.1 Å². The van der Waals surface area contributed by atoms with Crippen molar-refractivity contribution >= 4 is 17.7 Å². The van der Waals surface area contributed by atoms with Gasteiger partial charge in [-0.3, -0.25) is 4.79 Å². The SMILES string of the molecule is CCN(CC)C(=O)CSc1nnc([C@@H]([NH3+])C(C)C)o1. The fraction of sp³-hybridized carbons (Fsp3) is 0.750. The molecule has 1 atom stereocenters. The first-order valence-corrected chi connectivity index (χ1v) is 7.55. The first kappa shape index (κ1) is 16.0. The van der Waals surface area contributed by atoms with Crippen LogP contribution in [0.25, 0.3) is 0 Å². The molecule has 0 fully saturated rings. The Morgan fingerprint density at radius 2 is 2.00 bits per heavy atom. The second-order valence-electron chi connectivity index (χ2n) is 4.61. The maximum atomic E-state index is 11.8. The fourth-order valence-corrected chi connectivity index (χ4v) is 2.18. The summed E-state index contributed by atoms with van der Waals surface area (Å²) in [7, 11) is 0. The van der Waals surface area contributed by atoms with E-state index in [1.54, 1.807) is 4.90 Å². The van der Waals surface area contributed by atoms with Crippen LogP contribution in [0.5, 0.6) is 0 Å². The monoisotopic (exact) mass is 287 g/mol. The number of rotatable bonds is 7. The Bertz CT molecular complexity index is 404. The maximum absolute atomic E-state index is 11.8. The van der Waals surface area contributed by atoms with Gasteiger partial charge < -0.3 is 15.1 Å². The zero-order chi connectivity index (χ0) is 14.4. The van der Waals surface area contributed by atoms with Crippen molar-refractivity contribution in [3.8, 4) is 0 Å². The third-order valence-electron chi connectivity index (χ3n) is 2.98. The lowest BCUT2D eigenvalue weighted by Crippen LogP contribution is -2.56. The molecule has 0 aliphatic rings. The van der Waals surface area contributed by atoms with Gasteiger partial charge in [-0.15, -0.1) is 10.2 Å². The van der Waals surface area contributed by atoms with Gasteiger partial charge in [-0.25, -0.2) is 0 Å². The molecule has 6 nitrogen and oxygen atoms in total. The summed E-state index contributed by atoms with van der Waals surface area (Å²) in [5.74, 6) is 1.29. The van der Waals surface area contributed by atoms with Crippen LogP contribution < -0.4 is 5.73 Å². The van der Waals surface area contributed by atoms with Crippen molar-refractivity contribution < 1.29 is 14.9 Å². The van der Waals surface area contributed by atoms with Gasteiger partial charge in [-0.2, -0.15) is 0 Å². The highest BCUT2D eigenvalue weighted by Gasteiger charge is 2.22. The number of aromatic nitrogens is 2. The fourth-order valence-electron chi connectivity index (χ4n) is 1.50. The number of amides is 1. The molecule has 3 N–H and O–H groups in total. The highest BCUT2D eigenvalue weighted by Crippen LogP contribution is 2.21. The largest absolute Gasteiger partial charge is 0.410 e. The van der Waals surface area contributed by atoms with Crippen LogP contribution in [-0.2, 0) is 4.79 Å². The average Bonchev–Trinajstić information content (AvgIpc) is 2.85. The highest BCUT2D eigenvalue weighted by molar-refractivity contribution is 7.99. The summed E-state index contributed by atoms with van der Waals surface area (Å²) < 4.78 is 5.51. The molecule has 0 unspecified atom stereocenters. The average molecular weight is 287 g/mol. The van der Waals surface area contributed by atoms with Crippen LogP contribution in [0.4, 0.5) is 0 Å². The van der Waals surface area contributed by atoms with Gasteiger partial charge in [-0.05, 0) is 13.8 Å². The Balaban J connectivity index is 2.53. The number of quaternary nitrogens is 1. The van der Waals surface area contributed by atoms with Crippen molar-refractivity contribution in [3.63, 3.8) is 0 Å². The van der Waals surface area contributed by atoms with E-state index in [0.717, 1.165) is 13.1 Å². The van der Waals surface area contributed by atoms with Crippen molar-refractivity contribution in [1.29, 1.82) is 0 Å². The summed E-state index contributed by atoms with van der Waals surface area (Å²) in [4.78, 5) is 13.6. The zero-order valence-electron chi connectivity index (χ0n) is 12.0. The minimum atomic E-state index is -0.0136. The molecule has 7 heteroatoms. The van der Waals surface area contributed by atoms with E-state index in [2.05, 4.69) is 29.8 Å². The van der Waals surface area contributed by atoms with Crippen LogP contribution in [0.15, 0.2) is 9.64 Å². The molecule has 1 heterocycles. The molecule has 1 rings (SSSR count). The van der Waals surface area contributed by atoms with Crippen molar-refractivity contribution in [3.05, 3.63) is 5.89 Å². The molecule has 1 amide bonds. The molecule has 19 heavy (non-hydrogen) atoms. The number of hydrogen-bond acceptors (Lipinski definition) is 5. The second-order valence-corrected chi connectivity index (χ2v) is 5.54. The molecule has 0 aliphatic carbocycles. The van der Waals surface area contributed by atoms with Gasteiger partial charge in [0, 0.05) is 19.0 Å². The molecule has 1 aromatic rings. The van der Waals surface area contributed by atoms with Crippen LogP contribution in [0.1, 0.15) is 39.6 Å². The van der Waals surface area contributed by atoms with E-state index in [1.807, 2.05) is 13.8 Å². The molecule has 1 aromatic heterocycles. The quantitative estimate of drug-likeness (QED) is 0.755. The zero-order valence-corrected chi connectivity index (χ0v) is 12.9. The summed E-state index contributed by atoms with van der Waals surface area (Å²) in [5, 5.41) is 8.35. The van der Waals surface area contributed by atoms with Crippen LogP contribution in [0.2, 0.25) is 0 Å². The highest BCUT2D eigenvalue weighted by atomic mass is 32.2. The van der Waals surface area contributed by atoms with Crippen molar-refractivity contribution in [2.75, 3.05) is 18.8 Å². The summed E-state index contributed by atoms with van der Waals surface area (Å²) in [6.07, 6.45) is 0. The van der Waals surface area contributed by atoms with E-state index in [9.17, 15) is 4.79 Å². The molecule has 0 saturated heterocycles. The predicted molar refractivity (Wildman–Crippen MR) is 73.4 cm³/mol. The van der Waals surface area contributed by atoms with E-state index in [-0.39, 0.29) is 11.9 Å². The summed E-state index contributed by atoms with van der Waals surface area (Å²) >= 11 is 1.28. The summed E-state index contributed by atoms with van der Waals surface area (Å²) in [6.45, 7) is 9.48. The van der Waals surface area contributed by atoms with Crippen molar-refractivity contribution in [2.24, 2.45) is 5.92 Å². The molecular formula is C12H23N4O2S+. The third-order valence-corrected chi connectivity index (χ3v) is 3.78. The normalized spacial score (nSPS) is 12.7. The first-order valence-electron chi connectivity index (χ1n) is 6.56. The Hall–Kier alpha value is -1.08. The molecular weight excluding hydrogens is 264 g/mol. The molecule has 0 spiro atoms. The van der Waals surface area contributed by atoms with Gasteiger partial charge >= 0.3 is 0 Å². The minimum absolute atomic E-state index is 0.0136. The van der Waals surface area contributed by atoms with E-state index in [4.69, 9.17) is 4.42 Å². The maximum Gasteiger partial charge on any atom is 0.277 e. The summed E-state index contributed by atoms with van der Waals surface area (Å²) in [6, 6.07) is -0.0136. The molecule has 0 saturated carbocycles. The molecule has 0 aromatic carbocycles. The van der Waals surface area contributed by atoms with Crippen LogP contribution >= 0.6 is 11.8 Å². The van der Waals surface area contributed by atoms with Gasteiger partial charge in [0.15, 0.2) is 6.04 Å². The van der Waals surface area contributed by atoms with Crippen LogP contribution in [0.3, 0.4) is 0 Å². The number of carbonyl (C=O) groups excluding carboxylic acids is 1. The lowest BCUT2D eigenvalue weighted by molar-refractivity contribution is -0.443. The van der Waals surface area contributed by atoms with E-state index in [1.165, 1.54) is 11.8 Å². The first-order chi connectivity index (χ1) is 8.99. The van der Waals surface area contributed by atoms with Crippen LogP contribution in [0, 0.1) is 5.92 Å². The lowest BCUT2D eigenvalue weighted by Gasteiger charge is -2.17. The Morgan fingerprint density at radius 3 is 2.53 bits per heavy atom. The topological polar surface area (TPSA) is 86.9 Å². The molecule has 0 aliphatic heterocycles. The summed E-state index contributed by atoms with van der Waals surface area (Å²) in [5.41, 5.74) is 3.99. The van der Waals surface area contributed by atoms with Gasteiger partial charge in [0.2, 0.25) is 5.91 Å². The third kappa shape index (κ3) is 4.50. The van der Waals surface area contributed by atoms with Gasteiger partial charge in [0.05, 0.1) is 5.75 Å². The lowest BCUT2D eigenvalue weighted by atomic mass is 10.1. The van der Waals surface area contributed by atoms with Gasteiger partial charge in [0.25, 0.3) is 11.1 Å². The number of hydrogen-bond donors (Lipinski definition) is 1. The van der Waals surface area contributed by atoms with Gasteiger partial charge in [-0.1, -0.05) is 25.6 Å².